The molecule has 5 heteroatoms. The molecule has 2 N–H and O–H groups in total. The van der Waals surface area contributed by atoms with Gasteiger partial charge in [0.25, 0.3) is 0 Å². The molecule has 0 aliphatic rings. The molecule has 2 aromatic carbocycles. The largest absolute Gasteiger partial charge is 0.385 e. The molecular formula is C18H18ClN3O. The number of benzene rings is 2. The van der Waals surface area contributed by atoms with Crippen LogP contribution >= 0.6 is 11.6 Å². The third-order valence-corrected chi connectivity index (χ3v) is 4.39. The van der Waals surface area contributed by atoms with Gasteiger partial charge in [-0.3, -0.25) is 5.10 Å². The quantitative estimate of drug-likeness (QED) is 0.751. The van der Waals surface area contributed by atoms with E-state index < -0.39 is 5.60 Å². The van der Waals surface area contributed by atoms with Gasteiger partial charge in [0.05, 0.1) is 11.5 Å². The Hall–Kier alpha value is -2.17. The Morgan fingerprint density at radius 3 is 2.43 bits per heavy atom. The predicted octanol–water partition coefficient (Wildman–Crippen LogP) is 3.69. The summed E-state index contributed by atoms with van der Waals surface area (Å²) in [6, 6.07) is 17.2. The Morgan fingerprint density at radius 1 is 1.13 bits per heavy atom. The van der Waals surface area contributed by atoms with Gasteiger partial charge in [-0.25, -0.2) is 4.98 Å². The molecule has 1 aromatic heterocycles. The number of halogens is 1. The van der Waals surface area contributed by atoms with E-state index in [4.69, 9.17) is 11.6 Å². The van der Waals surface area contributed by atoms with Crippen LogP contribution in [0.15, 0.2) is 60.9 Å². The van der Waals surface area contributed by atoms with Crippen LogP contribution in [0.3, 0.4) is 0 Å². The van der Waals surface area contributed by atoms with Crippen LogP contribution in [0.2, 0.25) is 5.02 Å². The Bertz CT molecular complexity index is 740. The Balaban J connectivity index is 1.97. The lowest BCUT2D eigenvalue weighted by Crippen LogP contribution is -2.32. The third-order valence-electron chi connectivity index (χ3n) is 4.14. The first-order chi connectivity index (χ1) is 11.1. The predicted molar refractivity (Wildman–Crippen MR) is 90.3 cm³/mol. The second-order valence-corrected chi connectivity index (χ2v) is 6.19. The van der Waals surface area contributed by atoms with Gasteiger partial charge in [-0.2, -0.15) is 5.10 Å². The summed E-state index contributed by atoms with van der Waals surface area (Å²) in [7, 11) is 0. The van der Waals surface area contributed by atoms with E-state index in [1.165, 1.54) is 6.33 Å². The van der Waals surface area contributed by atoms with Crippen molar-refractivity contribution in [2.75, 3.05) is 0 Å². The molecule has 23 heavy (non-hydrogen) atoms. The minimum absolute atomic E-state index is 0.280. The fourth-order valence-corrected chi connectivity index (χ4v) is 2.89. The number of aromatic nitrogens is 3. The number of nitrogens with one attached hydrogen (secondary N) is 1. The van der Waals surface area contributed by atoms with Crippen LogP contribution in [0.1, 0.15) is 29.8 Å². The molecule has 0 fully saturated rings. The third kappa shape index (κ3) is 3.44. The van der Waals surface area contributed by atoms with Crippen molar-refractivity contribution in [1.29, 1.82) is 0 Å². The number of hydrogen-bond acceptors (Lipinski definition) is 3. The average Bonchev–Trinajstić information content (AvgIpc) is 3.09. The molecule has 0 aliphatic heterocycles. The van der Waals surface area contributed by atoms with Gasteiger partial charge in [-0.15, -0.1) is 0 Å². The van der Waals surface area contributed by atoms with Crippen molar-refractivity contribution in [2.45, 2.75) is 24.9 Å². The molecule has 3 rings (SSSR count). The van der Waals surface area contributed by atoms with Crippen molar-refractivity contribution in [3.8, 4) is 0 Å². The summed E-state index contributed by atoms with van der Waals surface area (Å²) in [6.07, 6.45) is 2.14. The molecule has 0 amide bonds. The summed E-state index contributed by atoms with van der Waals surface area (Å²) in [6.45, 7) is 1.80. The maximum atomic E-state index is 11.2. The molecule has 2 unspecified atom stereocenters. The fourth-order valence-electron chi connectivity index (χ4n) is 2.76. The number of aliphatic hydroxyl groups is 1. The number of rotatable bonds is 5. The molecule has 0 saturated heterocycles. The molecule has 0 spiro atoms. The van der Waals surface area contributed by atoms with Gasteiger partial charge >= 0.3 is 0 Å². The molecule has 2 atom stereocenters. The molecule has 0 aliphatic carbocycles. The molecule has 118 valence electrons. The van der Waals surface area contributed by atoms with E-state index in [-0.39, 0.29) is 5.92 Å². The lowest BCUT2D eigenvalue weighted by atomic mass is 9.79. The SMILES string of the molecule is CC(O)(c1ccccc1)C(Cc1ccc(Cl)cc1)c1nc[nH]n1. The first-order valence-corrected chi connectivity index (χ1v) is 7.83. The lowest BCUT2D eigenvalue weighted by Gasteiger charge is -2.32. The summed E-state index contributed by atoms with van der Waals surface area (Å²) in [5, 5.41) is 18.8. The smallest absolute Gasteiger partial charge is 0.156 e. The maximum Gasteiger partial charge on any atom is 0.156 e. The van der Waals surface area contributed by atoms with E-state index in [0.717, 1.165) is 11.1 Å². The van der Waals surface area contributed by atoms with Gasteiger partial charge in [-0.05, 0) is 36.6 Å². The first-order valence-electron chi connectivity index (χ1n) is 7.45. The van der Waals surface area contributed by atoms with Crippen molar-refractivity contribution < 1.29 is 5.11 Å². The molecule has 0 radical (unpaired) electrons. The van der Waals surface area contributed by atoms with E-state index in [1.54, 1.807) is 6.92 Å². The molecule has 4 nitrogen and oxygen atoms in total. The lowest BCUT2D eigenvalue weighted by molar-refractivity contribution is 0.0235. The van der Waals surface area contributed by atoms with Gasteiger partial charge in [0.15, 0.2) is 5.82 Å². The van der Waals surface area contributed by atoms with Crippen molar-refractivity contribution in [3.63, 3.8) is 0 Å². The highest BCUT2D eigenvalue weighted by Crippen LogP contribution is 2.37. The van der Waals surface area contributed by atoms with E-state index >= 15 is 0 Å². The molecule has 0 saturated carbocycles. The van der Waals surface area contributed by atoms with E-state index in [9.17, 15) is 5.11 Å². The second kappa shape index (κ2) is 6.52. The van der Waals surface area contributed by atoms with Gasteiger partial charge in [0, 0.05) is 5.02 Å². The fraction of sp³-hybridized carbons (Fsp3) is 0.222. The molecule has 1 heterocycles. The Labute approximate surface area is 140 Å². The average molecular weight is 328 g/mol. The number of H-pyrrole nitrogens is 1. The minimum atomic E-state index is -1.09. The second-order valence-electron chi connectivity index (χ2n) is 5.75. The van der Waals surface area contributed by atoms with E-state index in [2.05, 4.69) is 15.2 Å². The van der Waals surface area contributed by atoms with Crippen LogP contribution in [-0.4, -0.2) is 20.3 Å². The summed E-state index contributed by atoms with van der Waals surface area (Å²) in [4.78, 5) is 4.27. The highest BCUT2D eigenvalue weighted by atomic mass is 35.5. The number of hydrogen-bond donors (Lipinski definition) is 2. The summed E-state index contributed by atoms with van der Waals surface area (Å²) in [5.41, 5.74) is 0.812. The molecule has 3 aromatic rings. The van der Waals surface area contributed by atoms with Gasteiger partial charge in [0.2, 0.25) is 0 Å². The molecular weight excluding hydrogens is 310 g/mol. The van der Waals surface area contributed by atoms with Crippen molar-refractivity contribution in [2.24, 2.45) is 0 Å². The summed E-state index contributed by atoms with van der Waals surface area (Å²) in [5.74, 6) is 0.311. The zero-order chi connectivity index (χ0) is 16.3. The highest BCUT2D eigenvalue weighted by Gasteiger charge is 2.37. The Morgan fingerprint density at radius 2 is 1.83 bits per heavy atom. The summed E-state index contributed by atoms with van der Waals surface area (Å²) >= 11 is 5.95. The van der Waals surface area contributed by atoms with Crippen LogP contribution in [0, 0.1) is 0 Å². The van der Waals surface area contributed by atoms with Crippen molar-refractivity contribution in [3.05, 3.63) is 82.9 Å². The topological polar surface area (TPSA) is 61.8 Å². The van der Waals surface area contributed by atoms with Crippen LogP contribution in [0.25, 0.3) is 0 Å². The highest BCUT2D eigenvalue weighted by molar-refractivity contribution is 6.30. The van der Waals surface area contributed by atoms with Crippen LogP contribution < -0.4 is 0 Å². The zero-order valence-corrected chi connectivity index (χ0v) is 13.5. The van der Waals surface area contributed by atoms with Gasteiger partial charge in [0.1, 0.15) is 6.33 Å². The van der Waals surface area contributed by atoms with Crippen LogP contribution in [0.4, 0.5) is 0 Å². The van der Waals surface area contributed by atoms with Gasteiger partial charge in [-0.1, -0.05) is 54.1 Å². The number of aromatic amines is 1. The van der Waals surface area contributed by atoms with Crippen LogP contribution in [-0.2, 0) is 12.0 Å². The van der Waals surface area contributed by atoms with Crippen molar-refractivity contribution in [1.82, 2.24) is 15.2 Å². The standard InChI is InChI=1S/C18H18ClN3O/c1-18(23,14-5-3-2-4-6-14)16(17-20-12-21-22-17)11-13-7-9-15(19)10-8-13/h2-10,12,16,23H,11H2,1H3,(H,20,21,22). The Kier molecular flexibility index (Phi) is 4.46. The maximum absolute atomic E-state index is 11.2. The van der Waals surface area contributed by atoms with Crippen molar-refractivity contribution >= 4 is 11.6 Å². The normalized spacial score (nSPS) is 15.1. The van der Waals surface area contributed by atoms with Crippen LogP contribution in [0.5, 0.6) is 0 Å². The monoisotopic (exact) mass is 327 g/mol. The number of nitrogens with zero attached hydrogens (tertiary/aromatic N) is 2. The van der Waals surface area contributed by atoms with Gasteiger partial charge < -0.3 is 5.11 Å². The van der Waals surface area contributed by atoms with E-state index in [1.807, 2.05) is 54.6 Å². The molecule has 0 bridgehead atoms. The van der Waals surface area contributed by atoms with E-state index in [0.29, 0.717) is 17.3 Å². The summed E-state index contributed by atoms with van der Waals surface area (Å²) < 4.78 is 0. The zero-order valence-electron chi connectivity index (χ0n) is 12.8. The first kappa shape index (κ1) is 15.7. The minimum Gasteiger partial charge on any atom is -0.385 e.